The molecule has 1 aliphatic heterocycles. The van der Waals surface area contributed by atoms with E-state index >= 15 is 0 Å². The molecule has 7 heteroatoms. The van der Waals surface area contributed by atoms with Crippen LogP contribution in [0.5, 0.6) is 11.5 Å². The van der Waals surface area contributed by atoms with E-state index in [0.29, 0.717) is 27.0 Å². The molecule has 3 rings (SSSR count). The van der Waals surface area contributed by atoms with Crippen LogP contribution in [0.1, 0.15) is 5.56 Å². The molecule has 1 saturated heterocycles. The summed E-state index contributed by atoms with van der Waals surface area (Å²) in [4.78, 5) is 26.2. The fourth-order valence-corrected chi connectivity index (χ4v) is 3.46. The normalized spacial score (nSPS) is 15.6. The van der Waals surface area contributed by atoms with Crippen LogP contribution < -0.4 is 9.47 Å². The number of nitrogens with zero attached hydrogens (tertiary/aromatic N) is 1. The Morgan fingerprint density at radius 1 is 1.08 bits per heavy atom. The van der Waals surface area contributed by atoms with Crippen molar-refractivity contribution >= 4 is 40.6 Å². The average molecular weight is 390 g/mol. The molecular weight excluding hydrogens is 374 g/mol. The molecular formula is C19H16ClNO4S. The Morgan fingerprint density at radius 3 is 2.50 bits per heavy atom. The zero-order valence-corrected chi connectivity index (χ0v) is 15.5. The van der Waals surface area contributed by atoms with E-state index < -0.39 is 0 Å². The smallest absolute Gasteiger partial charge is 0.293 e. The maximum Gasteiger partial charge on any atom is 0.293 e. The third-order valence-electron chi connectivity index (χ3n) is 3.71. The second-order valence-electron chi connectivity index (χ2n) is 5.35. The van der Waals surface area contributed by atoms with E-state index in [1.54, 1.807) is 43.5 Å². The lowest BCUT2D eigenvalue weighted by Crippen LogP contribution is -2.32. The predicted molar refractivity (Wildman–Crippen MR) is 103 cm³/mol. The third kappa shape index (κ3) is 4.03. The molecule has 2 aromatic rings. The van der Waals surface area contributed by atoms with E-state index in [-0.39, 0.29) is 24.3 Å². The van der Waals surface area contributed by atoms with Crippen LogP contribution in [0.3, 0.4) is 0 Å². The Labute approximate surface area is 160 Å². The fraction of sp³-hybridized carbons (Fsp3) is 0.158. The fourth-order valence-electron chi connectivity index (χ4n) is 2.41. The van der Waals surface area contributed by atoms with Crippen LogP contribution in [0.2, 0.25) is 5.02 Å². The number of amides is 2. The number of benzene rings is 2. The van der Waals surface area contributed by atoms with Gasteiger partial charge >= 0.3 is 0 Å². The van der Waals surface area contributed by atoms with Gasteiger partial charge in [-0.1, -0.05) is 41.9 Å². The highest BCUT2D eigenvalue weighted by molar-refractivity contribution is 8.18. The van der Waals surface area contributed by atoms with Gasteiger partial charge in [0.2, 0.25) is 0 Å². The molecule has 0 aromatic heterocycles. The summed E-state index contributed by atoms with van der Waals surface area (Å²) in [5.41, 5.74) is 0.699. The highest BCUT2D eigenvalue weighted by atomic mass is 35.5. The second kappa shape index (κ2) is 8.29. The van der Waals surface area contributed by atoms with Gasteiger partial charge in [0.15, 0.2) is 11.5 Å². The topological polar surface area (TPSA) is 55.8 Å². The van der Waals surface area contributed by atoms with E-state index in [2.05, 4.69) is 0 Å². The number of methoxy groups -OCH3 is 1. The molecule has 0 N–H and O–H groups in total. The molecule has 1 fully saturated rings. The zero-order valence-electron chi connectivity index (χ0n) is 14.0. The molecule has 5 nitrogen and oxygen atoms in total. The first kappa shape index (κ1) is 18.4. The largest absolute Gasteiger partial charge is 0.493 e. The number of para-hydroxylation sites is 2. The molecule has 2 aromatic carbocycles. The number of rotatable bonds is 6. The summed E-state index contributed by atoms with van der Waals surface area (Å²) < 4.78 is 10.8. The van der Waals surface area contributed by atoms with E-state index in [0.717, 1.165) is 11.8 Å². The van der Waals surface area contributed by atoms with E-state index in [1.165, 1.54) is 4.90 Å². The number of carbonyl (C=O) groups is 2. The molecule has 1 aliphatic rings. The predicted octanol–water partition coefficient (Wildman–Crippen LogP) is 4.46. The van der Waals surface area contributed by atoms with Gasteiger partial charge in [0.1, 0.15) is 6.61 Å². The molecule has 0 saturated carbocycles. The Hall–Kier alpha value is -2.44. The number of hydrogen-bond acceptors (Lipinski definition) is 5. The van der Waals surface area contributed by atoms with Crippen molar-refractivity contribution in [2.24, 2.45) is 0 Å². The first-order valence-corrected chi connectivity index (χ1v) is 9.05. The minimum atomic E-state index is -0.344. The van der Waals surface area contributed by atoms with Gasteiger partial charge in [0, 0.05) is 5.02 Å². The minimum absolute atomic E-state index is 0.155. The summed E-state index contributed by atoms with van der Waals surface area (Å²) in [6.07, 6.45) is 1.63. The molecule has 26 heavy (non-hydrogen) atoms. The number of halogens is 1. The molecule has 134 valence electrons. The van der Waals surface area contributed by atoms with Crippen molar-refractivity contribution in [2.75, 3.05) is 20.3 Å². The quantitative estimate of drug-likeness (QED) is 0.682. The van der Waals surface area contributed by atoms with Crippen LogP contribution in [-0.4, -0.2) is 36.3 Å². The average Bonchev–Trinajstić information content (AvgIpc) is 2.91. The molecule has 0 radical (unpaired) electrons. The lowest BCUT2D eigenvalue weighted by Gasteiger charge is -2.14. The summed E-state index contributed by atoms with van der Waals surface area (Å²) in [6, 6.07) is 14.4. The van der Waals surface area contributed by atoms with Crippen LogP contribution in [0.15, 0.2) is 53.4 Å². The van der Waals surface area contributed by atoms with Crippen LogP contribution in [0, 0.1) is 0 Å². The van der Waals surface area contributed by atoms with Crippen molar-refractivity contribution in [3.63, 3.8) is 0 Å². The van der Waals surface area contributed by atoms with E-state index in [1.807, 2.05) is 18.2 Å². The van der Waals surface area contributed by atoms with Crippen LogP contribution in [0.4, 0.5) is 4.79 Å². The summed E-state index contributed by atoms with van der Waals surface area (Å²) in [7, 11) is 1.55. The maximum absolute atomic E-state index is 12.5. The van der Waals surface area contributed by atoms with Crippen LogP contribution >= 0.6 is 23.4 Å². The first-order chi connectivity index (χ1) is 12.6. The summed E-state index contributed by atoms with van der Waals surface area (Å²) >= 11 is 7.01. The molecule has 0 aliphatic carbocycles. The Balaban J connectivity index is 1.65. The van der Waals surface area contributed by atoms with Crippen LogP contribution in [-0.2, 0) is 4.79 Å². The summed E-state index contributed by atoms with van der Waals surface area (Å²) in [5, 5.41) is 0.204. The van der Waals surface area contributed by atoms with Crippen molar-refractivity contribution in [3.05, 3.63) is 64.0 Å². The number of thioether (sulfide) groups is 1. The van der Waals surface area contributed by atoms with Gasteiger partial charge < -0.3 is 9.47 Å². The minimum Gasteiger partial charge on any atom is -0.493 e. The van der Waals surface area contributed by atoms with Gasteiger partial charge in [0.05, 0.1) is 18.6 Å². The van der Waals surface area contributed by atoms with Crippen molar-refractivity contribution in [3.8, 4) is 11.5 Å². The lowest BCUT2D eigenvalue weighted by atomic mass is 10.2. The van der Waals surface area contributed by atoms with Crippen molar-refractivity contribution in [2.45, 2.75) is 0 Å². The van der Waals surface area contributed by atoms with Crippen molar-refractivity contribution in [1.29, 1.82) is 0 Å². The molecule has 2 amide bonds. The van der Waals surface area contributed by atoms with Gasteiger partial charge in [-0.15, -0.1) is 0 Å². The van der Waals surface area contributed by atoms with Crippen molar-refractivity contribution < 1.29 is 19.1 Å². The second-order valence-corrected chi connectivity index (χ2v) is 6.75. The lowest BCUT2D eigenvalue weighted by molar-refractivity contribution is -0.123. The molecule has 0 unspecified atom stereocenters. The monoisotopic (exact) mass is 389 g/mol. The standard InChI is InChI=1S/C19H16ClNO4S/c1-24-15-8-4-5-9-16(15)25-11-10-21-18(22)17(26-19(21)23)12-13-6-2-3-7-14(13)20/h2-9,12H,10-11H2,1H3/b17-12-. The first-order valence-electron chi connectivity index (χ1n) is 7.86. The van der Waals surface area contributed by atoms with Gasteiger partial charge in [-0.25, -0.2) is 0 Å². The van der Waals surface area contributed by atoms with Gasteiger partial charge in [-0.3, -0.25) is 14.5 Å². The SMILES string of the molecule is COc1ccccc1OCCN1C(=O)S/C(=C\c2ccccc2Cl)C1=O. The summed E-state index contributed by atoms with van der Waals surface area (Å²) in [6.45, 7) is 0.334. The number of ether oxygens (including phenoxy) is 2. The van der Waals surface area contributed by atoms with E-state index in [4.69, 9.17) is 21.1 Å². The Morgan fingerprint density at radius 2 is 1.77 bits per heavy atom. The highest BCUT2D eigenvalue weighted by Crippen LogP contribution is 2.33. The molecule has 1 heterocycles. The van der Waals surface area contributed by atoms with Crippen LogP contribution in [0.25, 0.3) is 6.08 Å². The Kier molecular flexibility index (Phi) is 5.85. The van der Waals surface area contributed by atoms with Gasteiger partial charge in [-0.05, 0) is 41.6 Å². The number of carbonyl (C=O) groups excluding carboxylic acids is 2. The number of imide groups is 1. The highest BCUT2D eigenvalue weighted by Gasteiger charge is 2.34. The molecule has 0 spiro atoms. The van der Waals surface area contributed by atoms with E-state index in [9.17, 15) is 9.59 Å². The Bertz CT molecular complexity index is 868. The zero-order chi connectivity index (χ0) is 18.5. The number of hydrogen-bond donors (Lipinski definition) is 0. The summed E-state index contributed by atoms with van der Waals surface area (Å²) in [5.74, 6) is 0.817. The molecule has 0 bridgehead atoms. The van der Waals surface area contributed by atoms with Gasteiger partial charge in [0.25, 0.3) is 11.1 Å². The third-order valence-corrected chi connectivity index (χ3v) is 4.96. The maximum atomic E-state index is 12.5. The molecule has 0 atom stereocenters. The van der Waals surface area contributed by atoms with Gasteiger partial charge in [-0.2, -0.15) is 0 Å². The van der Waals surface area contributed by atoms with Crippen molar-refractivity contribution in [1.82, 2.24) is 4.90 Å².